The fraction of sp³-hybridized carbons (Fsp3) is 0.729. The molecule has 1 atom stereocenters. The molecule has 0 bridgehead atoms. The fourth-order valence-corrected chi connectivity index (χ4v) is 9.07. The van der Waals surface area contributed by atoms with Crippen LogP contribution in [0.1, 0.15) is 310 Å². The van der Waals surface area contributed by atoms with Crippen molar-refractivity contribution in [2.45, 2.75) is 316 Å². The Morgan fingerprint density at radius 3 is 0.803 bits per heavy atom. The van der Waals surface area contributed by atoms with Crippen molar-refractivity contribution in [2.24, 2.45) is 0 Å². The molecule has 0 aliphatic carbocycles. The standard InChI is InChI=1S/C70H120O6/c1-4-7-10-13-16-18-20-22-24-26-28-30-31-32-33-34-35-36-37-38-39-41-42-44-46-48-50-52-54-57-60-63-69(72)75-66-67(65-74-68(71)62-59-56-15-12-9-6-3)76-70(73)64-61-58-55-53-51-49-47-45-43-40-29-27-25-23-21-19-17-14-11-8-5-2/h7-8,10-11,16-19,22-25,28-30,40,67H,4-6,9,12-15,20-21,26-27,31-39,41-66H2,1-3H3/b10-7-,11-8-,18-16-,19-17-,24-22-,25-23-,30-28-,40-29-. The molecule has 0 aromatic carbocycles. The van der Waals surface area contributed by atoms with Crippen molar-refractivity contribution >= 4 is 17.9 Å². The molecule has 1 unspecified atom stereocenters. The number of ether oxygens (including phenoxy) is 3. The molecular formula is C70H120O6. The van der Waals surface area contributed by atoms with E-state index in [2.05, 4.69) is 118 Å². The highest BCUT2D eigenvalue weighted by Crippen LogP contribution is 2.17. The van der Waals surface area contributed by atoms with Crippen LogP contribution in [0, 0.1) is 0 Å². The van der Waals surface area contributed by atoms with E-state index in [1.807, 2.05) is 0 Å². The maximum absolute atomic E-state index is 12.8. The Hall–Kier alpha value is -3.67. The lowest BCUT2D eigenvalue weighted by atomic mass is 10.0. The van der Waals surface area contributed by atoms with Crippen LogP contribution >= 0.6 is 0 Å². The van der Waals surface area contributed by atoms with Gasteiger partial charge in [-0.3, -0.25) is 14.4 Å². The summed E-state index contributed by atoms with van der Waals surface area (Å²) in [6.45, 7) is 6.37. The fourth-order valence-electron chi connectivity index (χ4n) is 9.07. The van der Waals surface area contributed by atoms with Gasteiger partial charge in [0.05, 0.1) is 0 Å². The molecule has 0 aromatic rings. The summed E-state index contributed by atoms with van der Waals surface area (Å²) in [5.41, 5.74) is 0. The van der Waals surface area contributed by atoms with Gasteiger partial charge in [-0.25, -0.2) is 0 Å². The number of carbonyl (C=O) groups is 3. The molecule has 0 saturated heterocycles. The normalized spacial score (nSPS) is 12.7. The lowest BCUT2D eigenvalue weighted by Gasteiger charge is -2.18. The van der Waals surface area contributed by atoms with E-state index in [-0.39, 0.29) is 31.1 Å². The molecule has 0 saturated carbocycles. The first-order valence-corrected chi connectivity index (χ1v) is 32.2. The number of carbonyl (C=O) groups excluding carboxylic acids is 3. The third-order valence-corrected chi connectivity index (χ3v) is 13.8. The van der Waals surface area contributed by atoms with Gasteiger partial charge < -0.3 is 14.2 Å². The van der Waals surface area contributed by atoms with Crippen LogP contribution in [0.15, 0.2) is 97.2 Å². The maximum atomic E-state index is 12.8. The summed E-state index contributed by atoms with van der Waals surface area (Å²) in [5.74, 6) is -0.885. The minimum absolute atomic E-state index is 0.0776. The second kappa shape index (κ2) is 63.9. The zero-order valence-corrected chi connectivity index (χ0v) is 50.0. The first kappa shape index (κ1) is 72.3. The summed E-state index contributed by atoms with van der Waals surface area (Å²) in [6, 6.07) is 0. The van der Waals surface area contributed by atoms with E-state index in [0.29, 0.717) is 19.3 Å². The summed E-state index contributed by atoms with van der Waals surface area (Å²) in [5, 5.41) is 0. The Morgan fingerprint density at radius 1 is 0.276 bits per heavy atom. The number of hydrogen-bond donors (Lipinski definition) is 0. The van der Waals surface area contributed by atoms with Gasteiger partial charge in [-0.15, -0.1) is 0 Å². The molecule has 0 N–H and O–H groups in total. The van der Waals surface area contributed by atoms with E-state index < -0.39 is 6.10 Å². The summed E-state index contributed by atoms with van der Waals surface area (Å²) in [4.78, 5) is 38.0. The van der Waals surface area contributed by atoms with Crippen LogP contribution in [-0.4, -0.2) is 37.2 Å². The Labute approximate surface area is 470 Å². The van der Waals surface area contributed by atoms with Crippen molar-refractivity contribution in [3.8, 4) is 0 Å². The van der Waals surface area contributed by atoms with Gasteiger partial charge >= 0.3 is 17.9 Å². The molecule has 0 heterocycles. The van der Waals surface area contributed by atoms with Crippen LogP contribution in [0.5, 0.6) is 0 Å². The number of rotatable bonds is 58. The molecule has 0 aromatic heterocycles. The summed E-state index contributed by atoms with van der Waals surface area (Å²) < 4.78 is 16.8. The Balaban J connectivity index is 4.03. The summed E-state index contributed by atoms with van der Waals surface area (Å²) >= 11 is 0. The molecular weight excluding hydrogens is 937 g/mol. The molecule has 0 rings (SSSR count). The number of allylic oxidation sites excluding steroid dienone is 16. The number of unbranched alkanes of at least 4 members (excludes halogenated alkanes) is 31. The molecule has 0 fully saturated rings. The molecule has 0 aliphatic rings. The molecule has 436 valence electrons. The quantitative estimate of drug-likeness (QED) is 0.0261. The predicted molar refractivity (Wildman–Crippen MR) is 330 cm³/mol. The number of esters is 3. The van der Waals surface area contributed by atoms with Crippen molar-refractivity contribution in [3.63, 3.8) is 0 Å². The van der Waals surface area contributed by atoms with E-state index >= 15 is 0 Å². The van der Waals surface area contributed by atoms with E-state index in [1.165, 1.54) is 154 Å². The van der Waals surface area contributed by atoms with Crippen molar-refractivity contribution in [1.29, 1.82) is 0 Å². The molecule has 0 radical (unpaired) electrons. The smallest absolute Gasteiger partial charge is 0.306 e. The minimum Gasteiger partial charge on any atom is -0.462 e. The van der Waals surface area contributed by atoms with Crippen molar-refractivity contribution < 1.29 is 28.6 Å². The Bertz CT molecular complexity index is 1490. The number of hydrogen-bond acceptors (Lipinski definition) is 6. The zero-order chi connectivity index (χ0) is 55.0. The molecule has 76 heavy (non-hydrogen) atoms. The van der Waals surface area contributed by atoms with Gasteiger partial charge in [0, 0.05) is 19.3 Å². The van der Waals surface area contributed by atoms with Crippen LogP contribution in [0.25, 0.3) is 0 Å². The molecule has 6 heteroatoms. The van der Waals surface area contributed by atoms with Gasteiger partial charge in [-0.2, -0.15) is 0 Å². The summed E-state index contributed by atoms with van der Waals surface area (Å²) in [6.07, 6.45) is 86.0. The van der Waals surface area contributed by atoms with Crippen LogP contribution in [0.2, 0.25) is 0 Å². The highest BCUT2D eigenvalue weighted by molar-refractivity contribution is 5.71. The predicted octanol–water partition coefficient (Wildman–Crippen LogP) is 22.0. The Morgan fingerprint density at radius 2 is 0.513 bits per heavy atom. The highest BCUT2D eigenvalue weighted by atomic mass is 16.6. The van der Waals surface area contributed by atoms with Crippen LogP contribution in [-0.2, 0) is 28.6 Å². The SMILES string of the molecule is CC/C=C\C/C=C\C/C=C\C/C=C\CCCCCCCCCCCCCCCCCCCCC(=O)OCC(COC(=O)CCCCCCCC)OC(=O)CCCCCCCCCC/C=C\C/C=C\C/C=C\C/C=C\CC. The second-order valence-electron chi connectivity index (χ2n) is 21.3. The molecule has 0 amide bonds. The molecule has 0 spiro atoms. The summed E-state index contributed by atoms with van der Waals surface area (Å²) in [7, 11) is 0. The van der Waals surface area contributed by atoms with Crippen LogP contribution in [0.4, 0.5) is 0 Å². The van der Waals surface area contributed by atoms with Gasteiger partial charge in [-0.05, 0) is 96.3 Å². The average molecular weight is 1060 g/mol. The van der Waals surface area contributed by atoms with Crippen molar-refractivity contribution in [2.75, 3.05) is 13.2 Å². The first-order chi connectivity index (χ1) is 37.5. The lowest BCUT2D eigenvalue weighted by molar-refractivity contribution is -0.167. The zero-order valence-electron chi connectivity index (χ0n) is 50.0. The third kappa shape index (κ3) is 61.2. The molecule has 6 nitrogen and oxygen atoms in total. The van der Waals surface area contributed by atoms with Crippen LogP contribution < -0.4 is 0 Å². The van der Waals surface area contributed by atoms with Gasteiger partial charge in [0.2, 0.25) is 0 Å². The Kier molecular flexibility index (Phi) is 60.8. The van der Waals surface area contributed by atoms with Gasteiger partial charge in [0.25, 0.3) is 0 Å². The van der Waals surface area contributed by atoms with E-state index in [0.717, 1.165) is 116 Å². The second-order valence-corrected chi connectivity index (χ2v) is 21.3. The van der Waals surface area contributed by atoms with Gasteiger partial charge in [-0.1, -0.05) is 291 Å². The largest absolute Gasteiger partial charge is 0.462 e. The van der Waals surface area contributed by atoms with Crippen molar-refractivity contribution in [3.05, 3.63) is 97.2 Å². The van der Waals surface area contributed by atoms with Gasteiger partial charge in [0.15, 0.2) is 6.10 Å². The maximum Gasteiger partial charge on any atom is 0.306 e. The lowest BCUT2D eigenvalue weighted by Crippen LogP contribution is -2.30. The highest BCUT2D eigenvalue weighted by Gasteiger charge is 2.19. The van der Waals surface area contributed by atoms with E-state index in [9.17, 15) is 14.4 Å². The minimum atomic E-state index is -0.778. The topological polar surface area (TPSA) is 78.9 Å². The van der Waals surface area contributed by atoms with Gasteiger partial charge in [0.1, 0.15) is 13.2 Å². The molecule has 0 aliphatic heterocycles. The van der Waals surface area contributed by atoms with E-state index in [1.54, 1.807) is 0 Å². The van der Waals surface area contributed by atoms with Crippen LogP contribution in [0.3, 0.4) is 0 Å². The third-order valence-electron chi connectivity index (χ3n) is 13.8. The first-order valence-electron chi connectivity index (χ1n) is 32.2. The monoisotopic (exact) mass is 1060 g/mol. The van der Waals surface area contributed by atoms with E-state index in [4.69, 9.17) is 14.2 Å². The average Bonchev–Trinajstić information content (AvgIpc) is 3.42. The van der Waals surface area contributed by atoms with Crippen molar-refractivity contribution in [1.82, 2.24) is 0 Å².